The molecular weight excluding hydrogens is 286 g/mol. The zero-order valence-electron chi connectivity index (χ0n) is 12.1. The van der Waals surface area contributed by atoms with Crippen LogP contribution in [0.25, 0.3) is 11.1 Å². The minimum absolute atomic E-state index is 0.0178. The van der Waals surface area contributed by atoms with Crippen LogP contribution >= 0.6 is 11.6 Å². The molecule has 2 aromatic carbocycles. The molecule has 0 aliphatic rings. The Morgan fingerprint density at radius 3 is 2.29 bits per heavy atom. The molecule has 2 aromatic rings. The lowest BCUT2D eigenvalue weighted by Gasteiger charge is -2.26. The van der Waals surface area contributed by atoms with Crippen LogP contribution in [0.3, 0.4) is 0 Å². The molecule has 0 spiro atoms. The molecule has 0 atom stereocenters. The van der Waals surface area contributed by atoms with E-state index in [2.05, 4.69) is 0 Å². The number of aliphatic hydroxyl groups excluding tert-OH is 1. The van der Waals surface area contributed by atoms with Crippen molar-refractivity contribution in [3.63, 3.8) is 0 Å². The fourth-order valence-corrected chi connectivity index (χ4v) is 2.55. The molecule has 0 aliphatic carbocycles. The van der Waals surface area contributed by atoms with Gasteiger partial charge in [0.2, 0.25) is 0 Å². The van der Waals surface area contributed by atoms with Gasteiger partial charge in [-0.05, 0) is 37.6 Å². The van der Waals surface area contributed by atoms with Crippen molar-refractivity contribution < 1.29 is 9.90 Å². The maximum atomic E-state index is 11.8. The van der Waals surface area contributed by atoms with Crippen LogP contribution in [0, 0.1) is 0 Å². The van der Waals surface area contributed by atoms with E-state index in [-0.39, 0.29) is 11.9 Å². The van der Waals surface area contributed by atoms with Crippen molar-refractivity contribution in [1.29, 1.82) is 0 Å². The topological polar surface area (TPSA) is 40.5 Å². The van der Waals surface area contributed by atoms with Crippen LogP contribution < -0.4 is 4.90 Å². The lowest BCUT2D eigenvalue weighted by atomic mass is 10.0. The number of carbonyl (C=O) groups excluding carboxylic acids is 1. The number of aliphatic hydroxyl groups is 1. The van der Waals surface area contributed by atoms with E-state index in [0.29, 0.717) is 5.02 Å². The largest absolute Gasteiger partial charge is 0.387 e. The number of amides is 1. The first-order valence-electron chi connectivity index (χ1n) is 6.82. The second kappa shape index (κ2) is 6.74. The lowest BCUT2D eigenvalue weighted by molar-refractivity contribution is -0.121. The molecule has 110 valence electrons. The lowest BCUT2D eigenvalue weighted by Crippen LogP contribution is -2.38. The zero-order valence-corrected chi connectivity index (χ0v) is 12.8. The number of anilines is 1. The highest BCUT2D eigenvalue weighted by molar-refractivity contribution is 6.33. The molecule has 0 fully saturated rings. The van der Waals surface area contributed by atoms with E-state index in [1.165, 1.54) is 0 Å². The van der Waals surface area contributed by atoms with Gasteiger partial charge in [-0.15, -0.1) is 0 Å². The van der Waals surface area contributed by atoms with E-state index in [9.17, 15) is 4.79 Å². The van der Waals surface area contributed by atoms with Gasteiger partial charge in [0, 0.05) is 22.3 Å². The van der Waals surface area contributed by atoms with Gasteiger partial charge >= 0.3 is 0 Å². The number of hydrogen-bond acceptors (Lipinski definition) is 2. The van der Waals surface area contributed by atoms with Gasteiger partial charge in [-0.2, -0.15) is 0 Å². The van der Waals surface area contributed by atoms with Crippen LogP contribution in [0.15, 0.2) is 48.5 Å². The summed E-state index contributed by atoms with van der Waals surface area (Å²) in [6.45, 7) is 3.33. The summed E-state index contributed by atoms with van der Waals surface area (Å²) < 4.78 is 0. The Morgan fingerprint density at radius 1 is 1.14 bits per heavy atom. The van der Waals surface area contributed by atoms with Gasteiger partial charge < -0.3 is 10.0 Å². The quantitative estimate of drug-likeness (QED) is 0.934. The Morgan fingerprint density at radius 2 is 1.76 bits per heavy atom. The van der Waals surface area contributed by atoms with Crippen molar-refractivity contribution in [3.8, 4) is 11.1 Å². The summed E-state index contributed by atoms with van der Waals surface area (Å²) in [6.07, 6.45) is 0. The maximum Gasteiger partial charge on any atom is 0.252 e. The summed E-state index contributed by atoms with van der Waals surface area (Å²) in [5.41, 5.74) is 2.71. The van der Waals surface area contributed by atoms with E-state index in [1.807, 2.05) is 62.4 Å². The summed E-state index contributed by atoms with van der Waals surface area (Å²) in [5.74, 6) is -0.310. The van der Waals surface area contributed by atoms with Crippen molar-refractivity contribution in [1.82, 2.24) is 0 Å². The minimum atomic E-state index is -0.496. The van der Waals surface area contributed by atoms with E-state index in [4.69, 9.17) is 16.7 Å². The molecule has 0 saturated heterocycles. The highest BCUT2D eigenvalue weighted by Crippen LogP contribution is 2.29. The van der Waals surface area contributed by atoms with Gasteiger partial charge in [0.1, 0.15) is 6.61 Å². The number of nitrogens with zero attached hydrogens (tertiary/aromatic N) is 1. The Labute approximate surface area is 129 Å². The molecule has 0 radical (unpaired) electrons. The molecule has 0 heterocycles. The molecule has 0 unspecified atom stereocenters. The fourth-order valence-electron chi connectivity index (χ4n) is 2.30. The predicted molar refractivity (Wildman–Crippen MR) is 86.6 cm³/mol. The van der Waals surface area contributed by atoms with Gasteiger partial charge in [-0.3, -0.25) is 4.79 Å². The highest BCUT2D eigenvalue weighted by atomic mass is 35.5. The minimum Gasteiger partial charge on any atom is -0.387 e. The smallest absolute Gasteiger partial charge is 0.252 e. The molecule has 4 heteroatoms. The number of benzene rings is 2. The number of carbonyl (C=O) groups is 1. The first-order chi connectivity index (χ1) is 10.0. The van der Waals surface area contributed by atoms with Gasteiger partial charge in [0.25, 0.3) is 5.91 Å². The average molecular weight is 304 g/mol. The van der Waals surface area contributed by atoms with Crippen LogP contribution in [0.1, 0.15) is 13.8 Å². The normalized spacial score (nSPS) is 10.7. The summed E-state index contributed by atoms with van der Waals surface area (Å²) >= 11 is 6.19. The molecule has 1 amide bonds. The predicted octanol–water partition coefficient (Wildman–Crippen LogP) is 3.74. The second-order valence-electron chi connectivity index (χ2n) is 5.04. The first-order valence-corrected chi connectivity index (χ1v) is 7.20. The standard InChI is InChI=1S/C17H18ClNO2/c1-12(2)19(17(21)11-20)14-9-7-13(8-10-14)15-5-3-4-6-16(15)18/h3-10,12,20H,11H2,1-2H3. The molecular formula is C17H18ClNO2. The van der Waals surface area contributed by atoms with Crippen LogP contribution in [-0.2, 0) is 4.79 Å². The molecule has 1 N–H and O–H groups in total. The Bertz CT molecular complexity index is 623. The third-order valence-corrected chi connectivity index (χ3v) is 3.58. The number of rotatable bonds is 4. The maximum absolute atomic E-state index is 11.8. The Balaban J connectivity index is 2.34. The SMILES string of the molecule is CC(C)N(C(=O)CO)c1ccc(-c2ccccc2Cl)cc1. The zero-order chi connectivity index (χ0) is 15.4. The van der Waals surface area contributed by atoms with Gasteiger partial charge in [0.15, 0.2) is 0 Å². The third kappa shape index (κ3) is 3.43. The van der Waals surface area contributed by atoms with Crippen LogP contribution in [-0.4, -0.2) is 23.7 Å². The fraction of sp³-hybridized carbons (Fsp3) is 0.235. The molecule has 21 heavy (non-hydrogen) atoms. The van der Waals surface area contributed by atoms with E-state index >= 15 is 0 Å². The monoisotopic (exact) mass is 303 g/mol. The van der Waals surface area contributed by atoms with Crippen molar-refractivity contribution in [2.75, 3.05) is 11.5 Å². The second-order valence-corrected chi connectivity index (χ2v) is 5.45. The number of hydrogen-bond donors (Lipinski definition) is 1. The van der Waals surface area contributed by atoms with E-state index in [0.717, 1.165) is 16.8 Å². The van der Waals surface area contributed by atoms with Gasteiger partial charge in [-0.1, -0.05) is 41.9 Å². The molecule has 0 aromatic heterocycles. The van der Waals surface area contributed by atoms with Crippen molar-refractivity contribution in [2.45, 2.75) is 19.9 Å². The molecule has 2 rings (SSSR count). The summed E-state index contributed by atoms with van der Waals surface area (Å²) in [4.78, 5) is 13.4. The number of halogens is 1. The van der Waals surface area contributed by atoms with Gasteiger partial charge in [-0.25, -0.2) is 0 Å². The van der Waals surface area contributed by atoms with Crippen LogP contribution in [0.5, 0.6) is 0 Å². The summed E-state index contributed by atoms with van der Waals surface area (Å²) in [5, 5.41) is 9.77. The Kier molecular flexibility index (Phi) is 4.99. The van der Waals surface area contributed by atoms with Crippen LogP contribution in [0.2, 0.25) is 5.02 Å². The van der Waals surface area contributed by atoms with Crippen LogP contribution in [0.4, 0.5) is 5.69 Å². The van der Waals surface area contributed by atoms with Gasteiger partial charge in [0.05, 0.1) is 0 Å². The first kappa shape index (κ1) is 15.5. The molecule has 0 saturated carbocycles. The molecule has 0 aliphatic heterocycles. The average Bonchev–Trinajstić information content (AvgIpc) is 2.48. The summed E-state index contributed by atoms with van der Waals surface area (Å²) in [7, 11) is 0. The molecule has 0 bridgehead atoms. The highest BCUT2D eigenvalue weighted by Gasteiger charge is 2.18. The van der Waals surface area contributed by atoms with Crippen molar-refractivity contribution in [2.24, 2.45) is 0 Å². The van der Waals surface area contributed by atoms with Crippen molar-refractivity contribution in [3.05, 3.63) is 53.6 Å². The van der Waals surface area contributed by atoms with E-state index < -0.39 is 6.61 Å². The molecule has 3 nitrogen and oxygen atoms in total. The summed E-state index contributed by atoms with van der Waals surface area (Å²) in [6, 6.07) is 15.2. The van der Waals surface area contributed by atoms with Crippen molar-refractivity contribution >= 4 is 23.2 Å². The third-order valence-electron chi connectivity index (χ3n) is 3.25. The van der Waals surface area contributed by atoms with E-state index in [1.54, 1.807) is 4.90 Å². The Hall–Kier alpha value is -1.84.